The molecule has 0 aromatic heterocycles. The van der Waals surface area contributed by atoms with Gasteiger partial charge in [-0.2, -0.15) is 0 Å². The Kier molecular flexibility index (Phi) is 14.5. The lowest BCUT2D eigenvalue weighted by molar-refractivity contribution is -0.314. The number of fused-ring (bicyclic) bond motifs is 8. The van der Waals surface area contributed by atoms with E-state index in [1.54, 1.807) is 35.5 Å². The van der Waals surface area contributed by atoms with Crippen LogP contribution in [-0.4, -0.2) is 146 Å². The van der Waals surface area contributed by atoms with E-state index in [1.807, 2.05) is 26.0 Å². The number of cyclic esters (lactones) is 1. The van der Waals surface area contributed by atoms with E-state index >= 15 is 4.79 Å². The molecule has 14 nitrogen and oxygen atoms in total. The van der Waals surface area contributed by atoms with Crippen molar-refractivity contribution in [3.05, 3.63) is 29.8 Å². The van der Waals surface area contributed by atoms with Crippen molar-refractivity contribution in [1.29, 1.82) is 0 Å². The summed E-state index contributed by atoms with van der Waals surface area (Å²) >= 11 is 0. The number of allylic oxidation sites excluding steroid dienone is 2. The van der Waals surface area contributed by atoms with Gasteiger partial charge >= 0.3 is 5.97 Å². The Morgan fingerprint density at radius 1 is 0.810 bits per heavy atom. The van der Waals surface area contributed by atoms with E-state index in [4.69, 9.17) is 47.4 Å². The maximum absolute atomic E-state index is 15.3. The van der Waals surface area contributed by atoms with Crippen LogP contribution in [0.3, 0.4) is 0 Å². The van der Waals surface area contributed by atoms with Gasteiger partial charge in [-0.3, -0.25) is 9.59 Å². The minimum absolute atomic E-state index is 0.00740. The number of ketones is 1. The highest BCUT2D eigenvalue weighted by atomic mass is 16.7. The number of hydrogen-bond donors (Lipinski definition) is 0. The van der Waals surface area contributed by atoms with Crippen LogP contribution in [0, 0.1) is 35.5 Å². The Balaban J connectivity index is 1.13. The second kappa shape index (κ2) is 19.6. The smallest absolute Gasteiger partial charge is 0.306 e. The van der Waals surface area contributed by atoms with Gasteiger partial charge in [-0.05, 0) is 121 Å². The highest BCUT2D eigenvalue weighted by Gasteiger charge is 2.69. The molecule has 63 heavy (non-hydrogen) atoms. The van der Waals surface area contributed by atoms with Gasteiger partial charge < -0.3 is 57.2 Å². The van der Waals surface area contributed by atoms with Crippen LogP contribution in [0.2, 0.25) is 0 Å². The average Bonchev–Trinajstić information content (AvgIpc) is 3.66. The number of methoxy groups -OCH3 is 5. The number of carbonyl (C=O) groups excluding carboxylic acids is 2. The van der Waals surface area contributed by atoms with Gasteiger partial charge in [0, 0.05) is 45.3 Å². The molecular formula is C49H74N2O12. The molecule has 14 heteroatoms. The molecular weight excluding hydrogens is 809 g/mol. The predicted octanol–water partition coefficient (Wildman–Crippen LogP) is 6.21. The molecule has 3 unspecified atom stereocenters. The van der Waals surface area contributed by atoms with Crippen molar-refractivity contribution >= 4 is 17.4 Å². The van der Waals surface area contributed by atoms with E-state index in [0.717, 1.165) is 62.0 Å². The summed E-state index contributed by atoms with van der Waals surface area (Å²) in [4.78, 5) is 34.1. The fourth-order valence-electron chi connectivity index (χ4n) is 13.0. The molecule has 0 bridgehead atoms. The summed E-state index contributed by atoms with van der Waals surface area (Å²) in [5, 5.41) is 0. The number of benzene rings is 1. The van der Waals surface area contributed by atoms with Crippen molar-refractivity contribution in [2.24, 2.45) is 35.5 Å². The van der Waals surface area contributed by atoms with Gasteiger partial charge in [-0.25, -0.2) is 0 Å². The Bertz CT molecular complexity index is 1790. The van der Waals surface area contributed by atoms with Gasteiger partial charge in [0.05, 0.1) is 62.8 Å². The number of esters is 1. The number of anilines is 1. The van der Waals surface area contributed by atoms with Crippen LogP contribution in [0.1, 0.15) is 85.5 Å². The van der Waals surface area contributed by atoms with E-state index in [9.17, 15) is 4.79 Å². The average molecular weight is 883 g/mol. The summed E-state index contributed by atoms with van der Waals surface area (Å²) in [5.41, 5.74) is 1.73. The first-order valence-electron chi connectivity index (χ1n) is 23.7. The van der Waals surface area contributed by atoms with Crippen LogP contribution in [-0.2, 0) is 47.5 Å². The number of hydrogen-bond acceptors (Lipinski definition) is 14. The Hall–Kier alpha value is -2.82. The molecule has 2 saturated carbocycles. The monoisotopic (exact) mass is 883 g/mol. The standard InChI is InChI=1S/C49H74N2O12/c1-12-28-14-13-15-38(63-41-19-18-36(50(5)6)26(3)59-41)25(2)45(53)35-23-32-31-20-30(62-49-48(58-11)47(57-10)46(56-9)27(4)60-49)21-34(31)43-44(42(32)33(35)24-40(52)61-28)51(43)37-17-16-29(54-7)22-39(37)55-8/h16-17,22-23,25-28,30-34,36,38,41-44,46-49H,12-15,18-21,24H2,1-11H3/t25-,26?,27?,28+,30+,31+,32+,33-,34-,36+,38+,41+,42-,43+,44-,46+,47?,48+,49+,51?/m1/s1. The van der Waals surface area contributed by atoms with E-state index in [1.165, 1.54) is 0 Å². The van der Waals surface area contributed by atoms with Crippen molar-refractivity contribution in [1.82, 2.24) is 4.90 Å². The molecule has 3 aliphatic carbocycles. The minimum Gasteiger partial charge on any atom is -0.497 e. The maximum Gasteiger partial charge on any atom is 0.306 e. The summed E-state index contributed by atoms with van der Waals surface area (Å²) in [7, 11) is 12.5. The van der Waals surface area contributed by atoms with Crippen LogP contribution in [0.5, 0.6) is 11.5 Å². The first-order chi connectivity index (χ1) is 30.3. The highest BCUT2D eigenvalue weighted by molar-refractivity contribution is 5.99. The number of rotatable bonds is 12. The fourth-order valence-corrected chi connectivity index (χ4v) is 13.0. The lowest BCUT2D eigenvalue weighted by Crippen LogP contribution is -2.59. The van der Waals surface area contributed by atoms with Crippen LogP contribution in [0.15, 0.2) is 29.8 Å². The highest BCUT2D eigenvalue weighted by Crippen LogP contribution is 2.65. The molecule has 0 amide bonds. The first-order valence-corrected chi connectivity index (χ1v) is 23.7. The zero-order chi connectivity index (χ0) is 44.9. The number of nitrogens with zero attached hydrogens (tertiary/aromatic N) is 2. The topological polar surface area (TPSA) is 133 Å². The van der Waals surface area contributed by atoms with Crippen LogP contribution in [0.25, 0.3) is 0 Å². The van der Waals surface area contributed by atoms with E-state index in [-0.39, 0.29) is 109 Å². The Morgan fingerprint density at radius 2 is 1.56 bits per heavy atom. The summed E-state index contributed by atoms with van der Waals surface area (Å²) < 4.78 is 62.3. The third-order valence-electron chi connectivity index (χ3n) is 16.1. The second-order valence-corrected chi connectivity index (χ2v) is 19.5. The molecule has 1 aromatic carbocycles. The van der Waals surface area contributed by atoms with Crippen molar-refractivity contribution in [3.8, 4) is 11.5 Å². The SMILES string of the molecule is CC[C@H]1CCC[C@H](O[C@H]2CC[C@H](N(C)C)C(C)O2)[C@@H](C)C(=O)C2=C[C@H]3[C@@H]4C[C@H](O[C@@H]5OC(C)[C@H](OC)C(OC)[C@@H]5OC)C[C@H]4[C@H]4[C@@H]([C@H]3[C@@H]2CC(=O)O1)N4c1ccc(OC)cc1OC. The molecule has 0 N–H and O–H groups in total. The largest absolute Gasteiger partial charge is 0.497 e. The van der Waals surface area contributed by atoms with Crippen LogP contribution < -0.4 is 14.4 Å². The molecule has 7 aliphatic rings. The Labute approximate surface area is 374 Å². The molecule has 4 heterocycles. The van der Waals surface area contributed by atoms with E-state index in [2.05, 4.69) is 49.9 Å². The van der Waals surface area contributed by atoms with Gasteiger partial charge in [-0.1, -0.05) is 19.9 Å². The van der Waals surface area contributed by atoms with E-state index in [0.29, 0.717) is 18.2 Å². The molecule has 4 saturated heterocycles. The number of ether oxygens (including phenoxy) is 10. The zero-order valence-corrected chi connectivity index (χ0v) is 39.4. The predicted molar refractivity (Wildman–Crippen MR) is 235 cm³/mol. The quantitative estimate of drug-likeness (QED) is 0.174. The third kappa shape index (κ3) is 8.93. The molecule has 0 radical (unpaired) electrons. The normalized spacial score (nSPS) is 42.8. The van der Waals surface area contributed by atoms with Crippen LogP contribution in [0.4, 0.5) is 5.69 Å². The fraction of sp³-hybridized carbons (Fsp3) is 0.796. The van der Waals surface area contributed by atoms with Crippen LogP contribution >= 0.6 is 0 Å². The van der Waals surface area contributed by atoms with Crippen molar-refractivity contribution in [2.45, 2.75) is 165 Å². The second-order valence-electron chi connectivity index (χ2n) is 19.5. The molecule has 0 spiro atoms. The lowest BCUT2D eigenvalue weighted by atomic mass is 9.66. The number of likely N-dealkylation sites (N-methyl/N-ethyl adjacent to an activating group) is 1. The van der Waals surface area contributed by atoms with Gasteiger partial charge in [0.25, 0.3) is 0 Å². The molecule has 8 rings (SSSR count). The van der Waals surface area contributed by atoms with Crippen molar-refractivity contribution in [2.75, 3.05) is 54.5 Å². The Morgan fingerprint density at radius 3 is 2.22 bits per heavy atom. The summed E-state index contributed by atoms with van der Waals surface area (Å²) in [6.07, 6.45) is 5.48. The molecule has 19 atom stereocenters. The molecule has 6 fully saturated rings. The van der Waals surface area contributed by atoms with Gasteiger partial charge in [0.15, 0.2) is 18.4 Å². The maximum atomic E-state index is 15.3. The zero-order valence-electron chi connectivity index (χ0n) is 39.4. The molecule has 1 aromatic rings. The number of Topliss-reactive ketones (excluding diaryl/α,β-unsaturated/α-hetero) is 1. The molecule has 4 aliphatic heterocycles. The number of carbonyl (C=O) groups is 2. The minimum atomic E-state index is -0.655. The first kappa shape index (κ1) is 46.7. The van der Waals surface area contributed by atoms with Gasteiger partial charge in [0.2, 0.25) is 0 Å². The molecule has 352 valence electrons. The summed E-state index contributed by atoms with van der Waals surface area (Å²) in [6.45, 7) is 8.19. The van der Waals surface area contributed by atoms with Gasteiger partial charge in [0.1, 0.15) is 35.9 Å². The summed E-state index contributed by atoms with van der Waals surface area (Å²) in [6, 6.07) is 6.51. The van der Waals surface area contributed by atoms with Crippen molar-refractivity contribution < 1.29 is 57.0 Å². The van der Waals surface area contributed by atoms with Gasteiger partial charge in [-0.15, -0.1) is 0 Å². The van der Waals surface area contributed by atoms with E-state index < -0.39 is 18.3 Å². The van der Waals surface area contributed by atoms with Crippen molar-refractivity contribution in [3.63, 3.8) is 0 Å². The summed E-state index contributed by atoms with van der Waals surface area (Å²) in [5.74, 6) is 0.985. The third-order valence-corrected chi connectivity index (χ3v) is 16.1. The lowest BCUT2D eigenvalue weighted by Gasteiger charge is -2.44.